The molecule has 0 atom stereocenters. The van der Waals surface area contributed by atoms with Crippen molar-refractivity contribution in [2.75, 3.05) is 5.73 Å². The van der Waals surface area contributed by atoms with Gasteiger partial charge in [0.2, 0.25) is 0 Å². The first kappa shape index (κ1) is 13.4. The quantitative estimate of drug-likeness (QED) is 0.835. The van der Waals surface area contributed by atoms with Gasteiger partial charge in [-0.2, -0.15) is 5.26 Å². The molecule has 0 aliphatic heterocycles. The molecule has 0 aliphatic rings. The van der Waals surface area contributed by atoms with Gasteiger partial charge in [0.25, 0.3) is 5.91 Å². The number of carbonyl (C=O) groups excluding carboxylic acids is 1. The molecule has 0 bridgehead atoms. The second kappa shape index (κ2) is 5.28. The average molecular weight is 271 g/mol. The van der Waals surface area contributed by atoms with Crippen molar-refractivity contribution in [3.8, 4) is 17.6 Å². The lowest BCUT2D eigenvalue weighted by Crippen LogP contribution is -2.12. The Bertz CT molecular complexity index is 723. The summed E-state index contributed by atoms with van der Waals surface area (Å²) < 4.78 is 19.0. The van der Waals surface area contributed by atoms with Crippen LogP contribution in [0, 0.1) is 17.1 Å². The third-order valence-electron chi connectivity index (χ3n) is 2.58. The van der Waals surface area contributed by atoms with Crippen molar-refractivity contribution >= 4 is 11.6 Å². The molecule has 0 saturated heterocycles. The monoisotopic (exact) mass is 271 g/mol. The van der Waals surface area contributed by atoms with Gasteiger partial charge in [-0.3, -0.25) is 4.79 Å². The number of rotatable bonds is 3. The lowest BCUT2D eigenvalue weighted by Gasteiger charge is -2.09. The largest absolute Gasteiger partial charge is 0.455 e. The minimum absolute atomic E-state index is 0.147. The first-order chi connectivity index (χ1) is 9.51. The number of ether oxygens (including phenoxy) is 1. The molecular weight excluding hydrogens is 261 g/mol. The Labute approximate surface area is 114 Å². The Morgan fingerprint density at radius 3 is 2.60 bits per heavy atom. The Morgan fingerprint density at radius 1 is 1.25 bits per heavy atom. The Balaban J connectivity index is 2.33. The number of nitrogens with zero attached hydrogens (tertiary/aromatic N) is 1. The number of halogens is 1. The highest BCUT2D eigenvalue weighted by atomic mass is 19.1. The van der Waals surface area contributed by atoms with Gasteiger partial charge in [-0.1, -0.05) is 0 Å². The van der Waals surface area contributed by atoms with Gasteiger partial charge in [-0.15, -0.1) is 0 Å². The molecule has 0 fully saturated rings. The van der Waals surface area contributed by atoms with Crippen molar-refractivity contribution in [3.05, 3.63) is 53.3 Å². The van der Waals surface area contributed by atoms with Crippen LogP contribution in [-0.2, 0) is 0 Å². The third kappa shape index (κ3) is 2.67. The van der Waals surface area contributed by atoms with Crippen LogP contribution in [0.3, 0.4) is 0 Å². The number of nitriles is 1. The molecule has 1 amide bonds. The van der Waals surface area contributed by atoms with Crippen molar-refractivity contribution in [2.45, 2.75) is 0 Å². The number of hydrogen-bond acceptors (Lipinski definition) is 4. The summed E-state index contributed by atoms with van der Waals surface area (Å²) in [6.45, 7) is 0. The van der Waals surface area contributed by atoms with E-state index >= 15 is 0 Å². The number of anilines is 1. The molecule has 6 heteroatoms. The fourth-order valence-electron chi connectivity index (χ4n) is 1.58. The smallest absolute Gasteiger partial charge is 0.251 e. The molecule has 20 heavy (non-hydrogen) atoms. The van der Waals surface area contributed by atoms with E-state index in [1.165, 1.54) is 24.3 Å². The fraction of sp³-hybridized carbons (Fsp3) is 0. The number of primary amides is 1. The normalized spacial score (nSPS) is 9.80. The van der Waals surface area contributed by atoms with Gasteiger partial charge in [0.05, 0.1) is 22.9 Å². The SMILES string of the molecule is N#Cc1ccc(N)c(Oc2ccc(C(N)=O)c(F)c2)c1. The summed E-state index contributed by atoms with van der Waals surface area (Å²) in [6, 6.07) is 10.1. The number of hydrogen-bond donors (Lipinski definition) is 2. The minimum atomic E-state index is -0.861. The molecule has 2 aromatic carbocycles. The molecule has 0 saturated carbocycles. The Morgan fingerprint density at radius 2 is 2.00 bits per heavy atom. The average Bonchev–Trinajstić information content (AvgIpc) is 2.41. The van der Waals surface area contributed by atoms with E-state index in [1.54, 1.807) is 6.07 Å². The lowest BCUT2D eigenvalue weighted by atomic mass is 10.2. The van der Waals surface area contributed by atoms with Crippen molar-refractivity contribution < 1.29 is 13.9 Å². The van der Waals surface area contributed by atoms with E-state index in [1.807, 2.05) is 6.07 Å². The van der Waals surface area contributed by atoms with E-state index in [0.29, 0.717) is 11.3 Å². The first-order valence-corrected chi connectivity index (χ1v) is 5.58. The summed E-state index contributed by atoms with van der Waals surface area (Å²) in [5.41, 5.74) is 11.2. The van der Waals surface area contributed by atoms with Crippen LogP contribution in [0.25, 0.3) is 0 Å². The zero-order valence-electron chi connectivity index (χ0n) is 10.3. The summed E-state index contributed by atoms with van der Waals surface area (Å²) in [7, 11) is 0. The van der Waals surface area contributed by atoms with Crippen LogP contribution < -0.4 is 16.2 Å². The molecule has 0 unspecified atom stereocenters. The van der Waals surface area contributed by atoms with Gasteiger partial charge in [-0.25, -0.2) is 4.39 Å². The molecule has 2 aromatic rings. The van der Waals surface area contributed by atoms with E-state index in [0.717, 1.165) is 6.07 Å². The highest BCUT2D eigenvalue weighted by Gasteiger charge is 2.10. The molecule has 0 heterocycles. The van der Waals surface area contributed by atoms with Crippen molar-refractivity contribution in [1.82, 2.24) is 0 Å². The van der Waals surface area contributed by atoms with Crippen LogP contribution in [-0.4, -0.2) is 5.91 Å². The van der Waals surface area contributed by atoms with E-state index in [4.69, 9.17) is 21.5 Å². The molecule has 0 radical (unpaired) electrons. The predicted octanol–water partition coefficient (Wildman–Crippen LogP) is 2.17. The molecule has 100 valence electrons. The number of nitrogen functional groups attached to an aromatic ring is 1. The van der Waals surface area contributed by atoms with Gasteiger partial charge >= 0.3 is 0 Å². The van der Waals surface area contributed by atoms with Gasteiger partial charge in [0, 0.05) is 12.1 Å². The summed E-state index contributed by atoms with van der Waals surface area (Å²) in [6.07, 6.45) is 0. The molecule has 0 aromatic heterocycles. The Hall–Kier alpha value is -3.07. The summed E-state index contributed by atoms with van der Waals surface area (Å²) in [4.78, 5) is 10.9. The number of benzene rings is 2. The highest BCUT2D eigenvalue weighted by molar-refractivity contribution is 5.93. The summed E-state index contributed by atoms with van der Waals surface area (Å²) in [5.74, 6) is -1.27. The minimum Gasteiger partial charge on any atom is -0.455 e. The maximum absolute atomic E-state index is 13.6. The van der Waals surface area contributed by atoms with Crippen molar-refractivity contribution in [2.24, 2.45) is 5.73 Å². The molecule has 2 rings (SSSR count). The second-order valence-electron chi connectivity index (χ2n) is 3.97. The molecular formula is C14H10FN3O2. The Kier molecular flexibility index (Phi) is 3.53. The lowest BCUT2D eigenvalue weighted by molar-refractivity contribution is 0.0996. The van der Waals surface area contributed by atoms with Gasteiger partial charge in [-0.05, 0) is 24.3 Å². The van der Waals surface area contributed by atoms with Crippen molar-refractivity contribution in [3.63, 3.8) is 0 Å². The molecule has 4 N–H and O–H groups in total. The van der Waals surface area contributed by atoms with Gasteiger partial charge in [0.15, 0.2) is 5.75 Å². The summed E-state index contributed by atoms with van der Waals surface area (Å²) in [5, 5.41) is 8.80. The zero-order valence-corrected chi connectivity index (χ0v) is 10.3. The maximum Gasteiger partial charge on any atom is 0.251 e. The van der Waals surface area contributed by atoms with Crippen LogP contribution in [0.2, 0.25) is 0 Å². The maximum atomic E-state index is 13.6. The van der Waals surface area contributed by atoms with E-state index < -0.39 is 11.7 Å². The zero-order chi connectivity index (χ0) is 14.7. The van der Waals surface area contributed by atoms with E-state index in [9.17, 15) is 9.18 Å². The van der Waals surface area contributed by atoms with E-state index in [2.05, 4.69) is 0 Å². The van der Waals surface area contributed by atoms with Crippen molar-refractivity contribution in [1.29, 1.82) is 5.26 Å². The number of nitrogens with two attached hydrogens (primary N) is 2. The van der Waals surface area contributed by atoms with Crippen LogP contribution in [0.1, 0.15) is 15.9 Å². The molecule has 0 spiro atoms. The summed E-state index contributed by atoms with van der Waals surface area (Å²) >= 11 is 0. The van der Waals surface area contributed by atoms with Crippen LogP contribution >= 0.6 is 0 Å². The van der Waals surface area contributed by atoms with Crippen LogP contribution in [0.15, 0.2) is 36.4 Å². The number of carbonyl (C=O) groups is 1. The topological polar surface area (TPSA) is 102 Å². The first-order valence-electron chi connectivity index (χ1n) is 5.58. The fourth-order valence-corrected chi connectivity index (χ4v) is 1.58. The van der Waals surface area contributed by atoms with Crippen LogP contribution in [0.5, 0.6) is 11.5 Å². The molecule has 0 aliphatic carbocycles. The second-order valence-corrected chi connectivity index (χ2v) is 3.97. The number of amides is 1. The standard InChI is InChI=1S/C14H10FN3O2/c15-11-6-9(2-3-10(11)14(18)19)20-13-5-8(7-16)1-4-12(13)17/h1-6H,17H2,(H2,18,19). The van der Waals surface area contributed by atoms with E-state index in [-0.39, 0.29) is 17.1 Å². The third-order valence-corrected chi connectivity index (χ3v) is 2.58. The van der Waals surface area contributed by atoms with Gasteiger partial charge < -0.3 is 16.2 Å². The highest BCUT2D eigenvalue weighted by Crippen LogP contribution is 2.29. The predicted molar refractivity (Wildman–Crippen MR) is 70.6 cm³/mol. The van der Waals surface area contributed by atoms with Crippen LogP contribution in [0.4, 0.5) is 10.1 Å². The molecule has 5 nitrogen and oxygen atoms in total. The van der Waals surface area contributed by atoms with Gasteiger partial charge in [0.1, 0.15) is 11.6 Å².